The van der Waals surface area contributed by atoms with Crippen LogP contribution in [0.2, 0.25) is 0 Å². The molecule has 0 heterocycles. The van der Waals surface area contributed by atoms with Gasteiger partial charge < -0.3 is 4.90 Å². The molecule has 1 aromatic rings. The van der Waals surface area contributed by atoms with E-state index in [1.165, 1.54) is 44.1 Å². The summed E-state index contributed by atoms with van der Waals surface area (Å²) in [7, 11) is 1.80. The number of nitrogens with zero attached hydrogens (tertiary/aromatic N) is 1. The number of hydrogen-bond acceptors (Lipinski definition) is 1. The van der Waals surface area contributed by atoms with Crippen molar-refractivity contribution in [3.8, 4) is 0 Å². The molecule has 0 bridgehead atoms. The molecule has 0 saturated carbocycles. The number of aryl methyl sites for hydroxylation is 1. The lowest BCUT2D eigenvalue weighted by Gasteiger charge is -2.05. The molecule has 0 radical (unpaired) electrons. The molecular weight excluding hydrogens is 246 g/mol. The quantitative estimate of drug-likeness (QED) is 0.336. The van der Waals surface area contributed by atoms with Gasteiger partial charge >= 0.3 is 0 Å². The van der Waals surface area contributed by atoms with Gasteiger partial charge in [-0.3, -0.25) is 4.79 Å². The largest absolute Gasteiger partial charge is 0.345 e. The number of carbonyl (C=O) groups excluding carboxylic acids is 1. The van der Waals surface area contributed by atoms with E-state index in [2.05, 4.69) is 42.5 Å². The smallest absolute Gasteiger partial charge is 0.209 e. The molecule has 0 atom stereocenters. The molecular formula is C18H27NO. The number of likely N-dealkylation sites (N-methyl/N-ethyl adjacent to an activating group) is 1. The van der Waals surface area contributed by atoms with Crippen molar-refractivity contribution in [1.82, 2.24) is 4.90 Å². The number of unbranched alkanes of at least 4 members (excludes halogenated alkanes) is 5. The zero-order valence-electron chi connectivity index (χ0n) is 12.6. The van der Waals surface area contributed by atoms with Gasteiger partial charge in [0.1, 0.15) is 0 Å². The maximum absolute atomic E-state index is 10.4. The average Bonchev–Trinajstić information content (AvgIpc) is 2.50. The van der Waals surface area contributed by atoms with Gasteiger partial charge in [-0.25, -0.2) is 0 Å². The van der Waals surface area contributed by atoms with Gasteiger partial charge in [0, 0.05) is 13.6 Å². The Morgan fingerprint density at radius 1 is 0.950 bits per heavy atom. The van der Waals surface area contributed by atoms with Gasteiger partial charge in [0.05, 0.1) is 0 Å². The van der Waals surface area contributed by atoms with Crippen LogP contribution in [0.4, 0.5) is 0 Å². The van der Waals surface area contributed by atoms with Gasteiger partial charge in [0.15, 0.2) is 0 Å². The number of allylic oxidation sites excluding steroid dienone is 1. The molecule has 110 valence electrons. The van der Waals surface area contributed by atoms with Crippen LogP contribution >= 0.6 is 0 Å². The van der Waals surface area contributed by atoms with Gasteiger partial charge in [0.25, 0.3) is 0 Å². The SMILES string of the molecule is CN(C=O)CC=CCCCCCCCc1ccccc1. The van der Waals surface area contributed by atoms with Gasteiger partial charge in [-0.15, -0.1) is 0 Å². The molecule has 1 rings (SSSR count). The van der Waals surface area contributed by atoms with Crippen molar-refractivity contribution >= 4 is 6.41 Å². The monoisotopic (exact) mass is 273 g/mol. The topological polar surface area (TPSA) is 20.3 Å². The summed E-state index contributed by atoms with van der Waals surface area (Å²) >= 11 is 0. The normalized spacial score (nSPS) is 10.8. The molecule has 2 nitrogen and oxygen atoms in total. The highest BCUT2D eigenvalue weighted by atomic mass is 16.1. The number of hydrogen-bond donors (Lipinski definition) is 0. The Balaban J connectivity index is 1.89. The van der Waals surface area contributed by atoms with Crippen molar-refractivity contribution in [1.29, 1.82) is 0 Å². The van der Waals surface area contributed by atoms with Gasteiger partial charge in [0.2, 0.25) is 6.41 Å². The van der Waals surface area contributed by atoms with E-state index >= 15 is 0 Å². The van der Waals surface area contributed by atoms with Crippen LogP contribution in [0.5, 0.6) is 0 Å². The molecule has 20 heavy (non-hydrogen) atoms. The minimum Gasteiger partial charge on any atom is -0.345 e. The van der Waals surface area contributed by atoms with E-state index in [0.29, 0.717) is 0 Å². The first-order valence-corrected chi connectivity index (χ1v) is 7.67. The van der Waals surface area contributed by atoms with Crippen LogP contribution in [-0.4, -0.2) is 24.9 Å². The van der Waals surface area contributed by atoms with E-state index in [0.717, 1.165) is 19.4 Å². The fourth-order valence-electron chi connectivity index (χ4n) is 2.17. The second-order valence-corrected chi connectivity index (χ2v) is 5.31. The first kappa shape index (κ1) is 16.5. The third-order valence-corrected chi connectivity index (χ3v) is 3.42. The Morgan fingerprint density at radius 3 is 2.40 bits per heavy atom. The predicted octanol–water partition coefficient (Wildman–Crippen LogP) is 4.21. The van der Waals surface area contributed by atoms with Gasteiger partial charge in [-0.05, 0) is 31.2 Å². The molecule has 0 aromatic heterocycles. The number of rotatable bonds is 11. The summed E-state index contributed by atoms with van der Waals surface area (Å²) in [6, 6.07) is 10.7. The van der Waals surface area contributed by atoms with E-state index in [1.54, 1.807) is 11.9 Å². The molecule has 1 amide bonds. The maximum Gasteiger partial charge on any atom is 0.209 e. The predicted molar refractivity (Wildman–Crippen MR) is 85.7 cm³/mol. The Kier molecular flexibility index (Phi) is 9.29. The second-order valence-electron chi connectivity index (χ2n) is 5.31. The zero-order valence-corrected chi connectivity index (χ0v) is 12.6. The minimum atomic E-state index is 0.723. The minimum absolute atomic E-state index is 0.723. The summed E-state index contributed by atoms with van der Waals surface area (Å²) in [6.07, 6.45) is 14.0. The fourth-order valence-corrected chi connectivity index (χ4v) is 2.17. The lowest BCUT2D eigenvalue weighted by Crippen LogP contribution is -2.14. The van der Waals surface area contributed by atoms with Crippen molar-refractivity contribution in [3.63, 3.8) is 0 Å². The molecule has 0 aliphatic rings. The number of carbonyl (C=O) groups is 1. The Hall–Kier alpha value is -1.57. The first-order valence-electron chi connectivity index (χ1n) is 7.67. The third kappa shape index (κ3) is 8.52. The molecule has 0 spiro atoms. The average molecular weight is 273 g/mol. The zero-order chi connectivity index (χ0) is 14.5. The van der Waals surface area contributed by atoms with Crippen LogP contribution in [0.15, 0.2) is 42.5 Å². The standard InChI is InChI=1S/C18H27NO/c1-19(17-20)16-12-7-5-3-2-4-6-9-13-18-14-10-8-11-15-18/h7-8,10-12,14-15,17H,2-6,9,13,16H2,1H3. The van der Waals surface area contributed by atoms with E-state index in [9.17, 15) is 4.79 Å². The molecule has 0 aliphatic heterocycles. The maximum atomic E-state index is 10.4. The van der Waals surface area contributed by atoms with Crippen molar-refractivity contribution in [2.24, 2.45) is 0 Å². The summed E-state index contributed by atoms with van der Waals surface area (Å²) in [6.45, 7) is 0.723. The van der Waals surface area contributed by atoms with E-state index in [1.807, 2.05) is 0 Å². The number of benzene rings is 1. The van der Waals surface area contributed by atoms with Crippen LogP contribution in [-0.2, 0) is 11.2 Å². The highest BCUT2D eigenvalue weighted by molar-refractivity contribution is 5.46. The number of amides is 1. The molecule has 0 unspecified atom stereocenters. The van der Waals surface area contributed by atoms with Crippen molar-refractivity contribution in [3.05, 3.63) is 48.0 Å². The van der Waals surface area contributed by atoms with Crippen molar-refractivity contribution < 1.29 is 4.79 Å². The van der Waals surface area contributed by atoms with Gasteiger partial charge in [-0.2, -0.15) is 0 Å². The van der Waals surface area contributed by atoms with Crippen molar-refractivity contribution in [2.45, 2.75) is 44.9 Å². The van der Waals surface area contributed by atoms with Crippen LogP contribution in [0.25, 0.3) is 0 Å². The second kappa shape index (κ2) is 11.3. The summed E-state index contributed by atoms with van der Waals surface area (Å²) < 4.78 is 0. The van der Waals surface area contributed by atoms with Gasteiger partial charge in [-0.1, -0.05) is 61.7 Å². The van der Waals surface area contributed by atoms with Crippen LogP contribution in [0.1, 0.15) is 44.1 Å². The Bertz CT molecular complexity index is 372. The van der Waals surface area contributed by atoms with E-state index in [4.69, 9.17) is 0 Å². The molecule has 0 fully saturated rings. The Labute approximate surface area is 123 Å². The molecule has 2 heteroatoms. The summed E-state index contributed by atoms with van der Waals surface area (Å²) in [5.74, 6) is 0. The summed E-state index contributed by atoms with van der Waals surface area (Å²) in [4.78, 5) is 12.0. The molecule has 0 aliphatic carbocycles. The molecule has 0 saturated heterocycles. The molecule has 0 N–H and O–H groups in total. The lowest BCUT2D eigenvalue weighted by molar-refractivity contribution is -0.116. The highest BCUT2D eigenvalue weighted by Gasteiger charge is 1.93. The van der Waals surface area contributed by atoms with E-state index < -0.39 is 0 Å². The van der Waals surface area contributed by atoms with Crippen LogP contribution in [0, 0.1) is 0 Å². The third-order valence-electron chi connectivity index (χ3n) is 3.42. The first-order chi connectivity index (χ1) is 9.83. The van der Waals surface area contributed by atoms with E-state index in [-0.39, 0.29) is 0 Å². The van der Waals surface area contributed by atoms with Crippen molar-refractivity contribution in [2.75, 3.05) is 13.6 Å². The highest BCUT2D eigenvalue weighted by Crippen LogP contribution is 2.09. The van der Waals surface area contributed by atoms with Crippen LogP contribution in [0.3, 0.4) is 0 Å². The fraction of sp³-hybridized carbons (Fsp3) is 0.500. The summed E-state index contributed by atoms with van der Waals surface area (Å²) in [5, 5.41) is 0. The van der Waals surface area contributed by atoms with Crippen LogP contribution < -0.4 is 0 Å². The molecule has 1 aromatic carbocycles. The Morgan fingerprint density at radius 2 is 1.65 bits per heavy atom. The summed E-state index contributed by atoms with van der Waals surface area (Å²) in [5.41, 5.74) is 1.45. The lowest BCUT2D eigenvalue weighted by atomic mass is 10.0.